The highest BCUT2D eigenvalue weighted by Gasteiger charge is 2.60. The number of aryl methyl sites for hydroxylation is 3. The molecule has 2 aromatic heterocycles. The molecule has 0 bridgehead atoms. The summed E-state index contributed by atoms with van der Waals surface area (Å²) >= 11 is -0.131. The molecule has 1 saturated heterocycles. The smallest absolute Gasteiger partial charge is 0.463 e. The number of ether oxygens (including phenoxy) is 7. The van der Waals surface area contributed by atoms with Crippen LogP contribution in [0.25, 0.3) is 22.5 Å². The summed E-state index contributed by atoms with van der Waals surface area (Å²) in [4.78, 5) is 11.3. The van der Waals surface area contributed by atoms with Gasteiger partial charge in [0.1, 0.15) is 40.1 Å². The molecular formula is C91H94F34N2O9S. The Kier molecular flexibility index (Phi) is 43.4. The first-order valence-corrected chi connectivity index (χ1v) is 40.2. The molecule has 10 rings (SSSR count). The average molecular weight is 2040 g/mol. The third-order valence-corrected chi connectivity index (χ3v) is 18.4. The van der Waals surface area contributed by atoms with Gasteiger partial charge in [0, 0.05) is 120 Å². The standard InChI is InChI=1S/C14H12F4O2.2C13H14F4O2.C13H14F4O.2C10H10F4O.C9H8F4S.C6H6F4N2.C3H6F2/c1-8-5-12(19)20-11-6-9(3-4-10(8)11)7-14(17,18)13(2,15)16;1-12(14,15)13(16,17)19-11-6-3-2-5-9(11)10-7-4-8-18-10;1-4-18-9(2)10-5-7-11(8-6-10)19-13(16,17)12(3,14)15;1-9(18-3)11-6-4-10(5-7-11)8-13(16,17)12(2,14)15;2*1-7-3-5-8(6-4-7)15-10(13,14)9(2,11)12;1-8(10,11)9(12,13)14-7-5-3-2-4-6-7;1-5(7,8)6(9,10)12-4-2-3-11-12;1-3(2,4)5/h3-6H,7H2,1-2H3;2-3,5-6,10H,4,7-8H2,1H3;5-8H,2,4H2,1,3H3;4-7H,1,8H2,2-3H3;2*3-6H,1-2H3;2-6H,1H3;2-4H,1H3;1-2H3. The molecule has 0 saturated carbocycles. The summed E-state index contributed by atoms with van der Waals surface area (Å²) in [7, 11) is 1.43. The quantitative estimate of drug-likeness (QED) is 0.0193. The molecule has 46 heteroatoms. The molecule has 0 amide bonds. The van der Waals surface area contributed by atoms with Gasteiger partial charge in [0.2, 0.25) is 5.92 Å². The second kappa shape index (κ2) is 48.7. The van der Waals surface area contributed by atoms with Crippen molar-refractivity contribution in [2.24, 2.45) is 0 Å². The maximum absolute atomic E-state index is 13.3. The highest BCUT2D eigenvalue weighted by atomic mass is 32.2. The molecule has 0 N–H and O–H groups in total. The van der Waals surface area contributed by atoms with Crippen molar-refractivity contribution in [2.75, 3.05) is 20.3 Å². The summed E-state index contributed by atoms with van der Waals surface area (Å²) in [5.41, 5.74) is 3.46. The molecule has 137 heavy (non-hydrogen) atoms. The fourth-order valence-corrected chi connectivity index (χ4v) is 10.1. The number of thioether (sulfide) groups is 1. The molecule has 0 aliphatic carbocycles. The zero-order valence-corrected chi connectivity index (χ0v) is 75.9. The van der Waals surface area contributed by atoms with Gasteiger partial charge in [0.05, 0.1) is 19.8 Å². The summed E-state index contributed by atoms with van der Waals surface area (Å²) in [6.45, 7) is 18.0. The van der Waals surface area contributed by atoms with E-state index in [2.05, 4.69) is 37.2 Å². The highest BCUT2D eigenvalue weighted by Crippen LogP contribution is 2.48. The van der Waals surface area contributed by atoms with E-state index in [0.29, 0.717) is 58.8 Å². The number of fused-ring (bicyclic) bond motifs is 1. The van der Waals surface area contributed by atoms with Crippen LogP contribution in [-0.2, 0) is 33.1 Å². The van der Waals surface area contributed by atoms with E-state index in [-0.39, 0.29) is 123 Å². The lowest BCUT2D eigenvalue weighted by Crippen LogP contribution is -2.43. The maximum Gasteiger partial charge on any atom is 0.463 e. The second-order valence-corrected chi connectivity index (χ2v) is 31.7. The SMILES string of the molecule is C=C(OC)c1ccc(CC(F)(F)C(C)(F)F)cc1.C=C(OCC)c1ccc(OC(F)(F)C(C)(F)F)cc1.CC(C)(F)F.CC(F)(F)C(F)(F)Oc1ccccc1C1CCCO1.CC(F)(F)C(F)(F)Sc1ccccc1.CC(F)(F)C(F)(F)n1cccn1.Cc1cc(=O)oc2cc(CC(F)(F)C(C)(F)F)ccc12.Cc1ccc(OC(F)(F)C(C)(F)F)cc1.Cc1ccc(OC(F)(F)C(C)(F)F)cc1. The minimum atomic E-state index is -4.56. The number of aromatic nitrogens is 2. The van der Waals surface area contributed by atoms with Crippen molar-refractivity contribution in [2.45, 2.75) is 234 Å². The number of hydrogen-bond donors (Lipinski definition) is 0. The van der Waals surface area contributed by atoms with Crippen molar-refractivity contribution in [3.8, 4) is 23.0 Å². The van der Waals surface area contributed by atoms with E-state index in [1.165, 1.54) is 153 Å². The first kappa shape index (κ1) is 122. The second-order valence-electron chi connectivity index (χ2n) is 30.5. The van der Waals surface area contributed by atoms with E-state index < -0.39 is 119 Å². The maximum atomic E-state index is 13.3. The fourth-order valence-electron chi connectivity index (χ4n) is 9.37. The molecule has 1 atom stereocenters. The van der Waals surface area contributed by atoms with Crippen molar-refractivity contribution in [3.63, 3.8) is 0 Å². The van der Waals surface area contributed by atoms with Crippen LogP contribution in [0.4, 0.5) is 149 Å². The molecule has 0 radical (unpaired) electrons. The molecular weight excluding hydrogens is 1940 g/mol. The predicted molar refractivity (Wildman–Crippen MR) is 444 cm³/mol. The first-order chi connectivity index (χ1) is 61.9. The molecule has 1 fully saturated rings. The van der Waals surface area contributed by atoms with Gasteiger partial charge < -0.3 is 37.6 Å². The third-order valence-electron chi connectivity index (χ3n) is 17.2. The van der Waals surface area contributed by atoms with Gasteiger partial charge in [-0.3, -0.25) is 0 Å². The molecule has 1 aliphatic rings. The lowest BCUT2D eigenvalue weighted by atomic mass is 10.0. The zero-order valence-electron chi connectivity index (χ0n) is 75.0. The van der Waals surface area contributed by atoms with E-state index in [4.69, 9.17) is 18.6 Å². The number of para-hydroxylation sites is 1. The summed E-state index contributed by atoms with van der Waals surface area (Å²) in [6, 6.07) is 37.2. The largest absolute Gasteiger partial charge is 0.497 e. The number of alkyl halides is 34. The van der Waals surface area contributed by atoms with Gasteiger partial charge in [-0.25, -0.2) is 35.8 Å². The van der Waals surface area contributed by atoms with Crippen LogP contribution < -0.4 is 24.6 Å². The van der Waals surface area contributed by atoms with Crippen LogP contribution >= 0.6 is 11.8 Å². The van der Waals surface area contributed by atoms with Crippen molar-refractivity contribution >= 4 is 34.2 Å². The summed E-state index contributed by atoms with van der Waals surface area (Å²) in [6.07, 6.45) is -17.3. The number of rotatable bonds is 29. The Labute approximate surface area is 768 Å². The van der Waals surface area contributed by atoms with Gasteiger partial charge in [-0.15, -0.1) is 0 Å². The van der Waals surface area contributed by atoms with E-state index in [1.54, 1.807) is 45.9 Å². The first-order valence-electron chi connectivity index (χ1n) is 39.4. The zero-order chi connectivity index (χ0) is 106. The molecule has 7 aromatic carbocycles. The van der Waals surface area contributed by atoms with Crippen LogP contribution in [0.1, 0.15) is 140 Å². The minimum absolute atomic E-state index is 0.0159. The van der Waals surface area contributed by atoms with E-state index in [9.17, 15) is 154 Å². The van der Waals surface area contributed by atoms with Crippen LogP contribution in [0.3, 0.4) is 0 Å². The lowest BCUT2D eigenvalue weighted by Gasteiger charge is -2.25. The Morgan fingerprint density at radius 1 is 0.438 bits per heavy atom. The van der Waals surface area contributed by atoms with E-state index in [0.717, 1.165) is 62.0 Å². The van der Waals surface area contributed by atoms with E-state index in [1.807, 2.05) is 0 Å². The van der Waals surface area contributed by atoms with Crippen molar-refractivity contribution in [1.29, 1.82) is 0 Å². The van der Waals surface area contributed by atoms with Gasteiger partial charge >= 0.3 is 101 Å². The Bertz CT molecular complexity index is 5110. The van der Waals surface area contributed by atoms with Crippen LogP contribution in [0.2, 0.25) is 0 Å². The Morgan fingerprint density at radius 2 is 0.818 bits per heavy atom. The Morgan fingerprint density at radius 3 is 1.18 bits per heavy atom. The fraction of sp³-hybridized carbons (Fsp3) is 0.429. The normalized spacial score (nSPS) is 13.7. The van der Waals surface area contributed by atoms with Crippen LogP contribution in [0.5, 0.6) is 23.0 Å². The topological polar surface area (TPSA) is 113 Å². The molecule has 11 nitrogen and oxygen atoms in total. The summed E-state index contributed by atoms with van der Waals surface area (Å²) in [5.74, 6) is -44.4. The summed E-state index contributed by atoms with van der Waals surface area (Å²) in [5, 5.41) is -0.451. The Hall–Kier alpha value is -10.8. The van der Waals surface area contributed by atoms with Crippen molar-refractivity contribution in [3.05, 3.63) is 262 Å². The van der Waals surface area contributed by atoms with Crippen molar-refractivity contribution in [1.82, 2.24) is 9.78 Å². The number of halogens is 34. The Balaban J connectivity index is 0.000000528. The highest BCUT2D eigenvalue weighted by molar-refractivity contribution is 8.00. The van der Waals surface area contributed by atoms with Crippen molar-refractivity contribution < 1.29 is 187 Å². The van der Waals surface area contributed by atoms with Crippen LogP contribution in [-0.4, -0.2) is 125 Å². The molecule has 1 unspecified atom stereocenters. The van der Waals surface area contributed by atoms with Gasteiger partial charge in [-0.2, -0.15) is 128 Å². The van der Waals surface area contributed by atoms with Crippen LogP contribution in [0.15, 0.2) is 222 Å². The number of methoxy groups -OCH3 is 1. The minimum Gasteiger partial charge on any atom is -0.497 e. The van der Waals surface area contributed by atoms with Crippen LogP contribution in [0, 0.1) is 20.8 Å². The molecule has 0 spiro atoms. The van der Waals surface area contributed by atoms with E-state index >= 15 is 0 Å². The molecule has 766 valence electrons. The van der Waals surface area contributed by atoms with Gasteiger partial charge in [0.15, 0.2) is 0 Å². The van der Waals surface area contributed by atoms with Gasteiger partial charge in [-0.1, -0.05) is 121 Å². The molecule has 3 heterocycles. The molecule has 1 aliphatic heterocycles. The predicted octanol–water partition coefficient (Wildman–Crippen LogP) is 31.6. The van der Waals surface area contributed by atoms with Gasteiger partial charge in [-0.05, 0) is 162 Å². The number of nitrogens with zero attached hydrogens (tertiary/aromatic N) is 2. The monoisotopic (exact) mass is 2040 g/mol. The third kappa shape index (κ3) is 40.3. The van der Waals surface area contributed by atoms with Gasteiger partial charge in [0.25, 0.3) is 0 Å². The lowest BCUT2D eigenvalue weighted by molar-refractivity contribution is -0.301. The average Bonchev–Trinajstić information content (AvgIpc) is 1.01. The number of benzene rings is 7. The number of hydrogen-bond acceptors (Lipinski definition) is 11. The summed E-state index contributed by atoms with van der Waals surface area (Å²) < 4.78 is 466. The molecule has 9 aromatic rings.